The van der Waals surface area contributed by atoms with E-state index in [2.05, 4.69) is 0 Å². The van der Waals surface area contributed by atoms with E-state index in [-0.39, 0.29) is 16.6 Å². The van der Waals surface area contributed by atoms with Crippen molar-refractivity contribution in [1.29, 1.82) is 0 Å². The molecule has 0 unspecified atom stereocenters. The molecule has 0 aliphatic heterocycles. The lowest BCUT2D eigenvalue weighted by atomic mass is 10.3. The molecule has 0 aromatic carbocycles. The summed E-state index contributed by atoms with van der Waals surface area (Å²) in [6.07, 6.45) is 0. The van der Waals surface area contributed by atoms with E-state index in [4.69, 9.17) is 5.73 Å². The summed E-state index contributed by atoms with van der Waals surface area (Å²) >= 11 is 0.961. The van der Waals surface area contributed by atoms with Gasteiger partial charge in [0.25, 0.3) is 5.92 Å². The molecular formula is C7H11ClF2N2O2S2. The summed E-state index contributed by atoms with van der Waals surface area (Å²) in [4.78, 5) is 0. The second-order valence-corrected chi connectivity index (χ2v) is 5.76. The number of sulfonamides is 1. The number of nitrogens with one attached hydrogen (secondary N) is 1. The van der Waals surface area contributed by atoms with Crippen molar-refractivity contribution in [2.45, 2.75) is 10.1 Å². The Labute approximate surface area is 102 Å². The summed E-state index contributed by atoms with van der Waals surface area (Å²) in [5, 5.41) is 1.55. The second kappa shape index (κ2) is 5.87. The van der Waals surface area contributed by atoms with Crippen LogP contribution in [0, 0.1) is 0 Å². The van der Waals surface area contributed by atoms with E-state index < -0.39 is 29.0 Å². The Balaban J connectivity index is 0.00000225. The molecule has 1 heterocycles. The lowest BCUT2D eigenvalue weighted by Crippen LogP contribution is -2.41. The van der Waals surface area contributed by atoms with Crippen molar-refractivity contribution >= 4 is 33.8 Å². The molecule has 16 heavy (non-hydrogen) atoms. The fourth-order valence-corrected chi connectivity index (χ4v) is 2.86. The Bertz CT molecular complexity index is 408. The molecule has 0 radical (unpaired) electrons. The summed E-state index contributed by atoms with van der Waals surface area (Å²) in [6.45, 7) is -1.87. The first-order chi connectivity index (χ1) is 6.87. The predicted molar refractivity (Wildman–Crippen MR) is 60.8 cm³/mol. The Hall–Kier alpha value is -0.280. The van der Waals surface area contributed by atoms with E-state index in [1.54, 1.807) is 10.1 Å². The number of rotatable bonds is 5. The van der Waals surface area contributed by atoms with Crippen LogP contribution in [0.15, 0.2) is 21.7 Å². The molecule has 0 aliphatic rings. The zero-order chi connectivity index (χ0) is 11.5. The van der Waals surface area contributed by atoms with E-state index >= 15 is 0 Å². The van der Waals surface area contributed by atoms with Gasteiger partial charge in [-0.15, -0.1) is 23.7 Å². The zero-order valence-electron chi connectivity index (χ0n) is 8.02. The van der Waals surface area contributed by atoms with Gasteiger partial charge in [-0.3, -0.25) is 0 Å². The smallest absolute Gasteiger partial charge is 0.273 e. The van der Waals surface area contributed by atoms with Crippen molar-refractivity contribution in [2.24, 2.45) is 5.73 Å². The molecule has 0 fully saturated rings. The van der Waals surface area contributed by atoms with Crippen molar-refractivity contribution in [2.75, 3.05) is 13.1 Å². The monoisotopic (exact) mass is 292 g/mol. The van der Waals surface area contributed by atoms with Crippen molar-refractivity contribution in [3.05, 3.63) is 17.5 Å². The normalized spacial score (nSPS) is 12.2. The summed E-state index contributed by atoms with van der Waals surface area (Å²) in [5.74, 6) is -3.22. The summed E-state index contributed by atoms with van der Waals surface area (Å²) in [6, 6.07) is 2.87. The van der Waals surface area contributed by atoms with Gasteiger partial charge in [0.2, 0.25) is 10.0 Å². The Kier molecular flexibility index (Phi) is 5.77. The van der Waals surface area contributed by atoms with E-state index in [0.29, 0.717) is 0 Å². The predicted octanol–water partition coefficient (Wildman–Crippen LogP) is 1.04. The molecule has 1 aromatic heterocycles. The first-order valence-electron chi connectivity index (χ1n) is 3.98. The number of nitrogens with two attached hydrogens (primary N) is 1. The average molecular weight is 293 g/mol. The number of thiophene rings is 1. The molecule has 0 bridgehead atoms. The minimum atomic E-state index is -3.83. The Morgan fingerprint density at radius 3 is 2.56 bits per heavy atom. The van der Waals surface area contributed by atoms with Crippen LogP contribution in [0.2, 0.25) is 0 Å². The summed E-state index contributed by atoms with van der Waals surface area (Å²) in [5.41, 5.74) is 4.77. The van der Waals surface area contributed by atoms with Crippen molar-refractivity contribution in [3.8, 4) is 0 Å². The van der Waals surface area contributed by atoms with E-state index in [9.17, 15) is 17.2 Å². The van der Waals surface area contributed by atoms with Gasteiger partial charge in [-0.1, -0.05) is 6.07 Å². The first-order valence-corrected chi connectivity index (χ1v) is 6.35. The maximum atomic E-state index is 12.7. The molecule has 0 aliphatic carbocycles. The second-order valence-electron chi connectivity index (χ2n) is 2.82. The maximum Gasteiger partial charge on any atom is 0.273 e. The highest BCUT2D eigenvalue weighted by atomic mass is 35.5. The quantitative estimate of drug-likeness (QED) is 0.852. The molecule has 4 nitrogen and oxygen atoms in total. The van der Waals surface area contributed by atoms with Crippen LogP contribution in [0.5, 0.6) is 0 Å². The van der Waals surface area contributed by atoms with Crippen molar-refractivity contribution < 1.29 is 17.2 Å². The third-order valence-electron chi connectivity index (χ3n) is 1.58. The zero-order valence-corrected chi connectivity index (χ0v) is 10.5. The van der Waals surface area contributed by atoms with Gasteiger partial charge >= 0.3 is 0 Å². The largest absolute Gasteiger partial charge is 0.325 e. The van der Waals surface area contributed by atoms with Crippen LogP contribution < -0.4 is 10.5 Å². The molecule has 94 valence electrons. The van der Waals surface area contributed by atoms with Gasteiger partial charge in [0, 0.05) is 0 Å². The first kappa shape index (κ1) is 15.7. The van der Waals surface area contributed by atoms with E-state index in [1.807, 2.05) is 0 Å². The van der Waals surface area contributed by atoms with Crippen LogP contribution in [-0.2, 0) is 10.0 Å². The molecule has 1 rings (SSSR count). The van der Waals surface area contributed by atoms with Crippen LogP contribution in [-0.4, -0.2) is 27.4 Å². The van der Waals surface area contributed by atoms with E-state index in [0.717, 1.165) is 11.3 Å². The van der Waals surface area contributed by atoms with Gasteiger partial charge in [-0.2, -0.15) is 0 Å². The minimum Gasteiger partial charge on any atom is -0.325 e. The Morgan fingerprint density at radius 2 is 2.12 bits per heavy atom. The third kappa shape index (κ3) is 4.30. The van der Waals surface area contributed by atoms with Crippen LogP contribution in [0.1, 0.15) is 0 Å². The summed E-state index contributed by atoms with van der Waals surface area (Å²) < 4.78 is 49.9. The van der Waals surface area contributed by atoms with Gasteiger partial charge in [0.15, 0.2) is 0 Å². The minimum absolute atomic E-state index is 0. The number of alkyl halides is 2. The summed E-state index contributed by atoms with van der Waals surface area (Å²) in [7, 11) is -3.83. The highest BCUT2D eigenvalue weighted by Crippen LogP contribution is 2.17. The molecule has 3 N–H and O–H groups in total. The fraction of sp³-hybridized carbons (Fsp3) is 0.429. The van der Waals surface area contributed by atoms with Gasteiger partial charge in [-0.05, 0) is 11.4 Å². The van der Waals surface area contributed by atoms with E-state index in [1.165, 1.54) is 12.1 Å². The van der Waals surface area contributed by atoms with Gasteiger partial charge in [0.05, 0.1) is 13.1 Å². The molecule has 9 heteroatoms. The third-order valence-corrected chi connectivity index (χ3v) is 4.38. The fourth-order valence-electron chi connectivity index (χ4n) is 0.760. The number of hydrogen-bond donors (Lipinski definition) is 2. The standard InChI is InChI=1S/C7H10F2N2O2S2.ClH/c8-7(9,4-10)5-11-15(12,13)6-2-1-3-14-6;/h1-3,11H,4-5,10H2;1H. The number of halogens is 3. The molecule has 1 aromatic rings. The molecule has 0 atom stereocenters. The highest BCUT2D eigenvalue weighted by Gasteiger charge is 2.29. The lowest BCUT2D eigenvalue weighted by molar-refractivity contribution is 0.0170. The molecule has 0 saturated heterocycles. The lowest BCUT2D eigenvalue weighted by Gasteiger charge is -2.13. The topological polar surface area (TPSA) is 72.2 Å². The highest BCUT2D eigenvalue weighted by molar-refractivity contribution is 7.91. The van der Waals surface area contributed by atoms with Crippen LogP contribution in [0.4, 0.5) is 8.78 Å². The Morgan fingerprint density at radius 1 is 1.50 bits per heavy atom. The SMILES string of the molecule is Cl.NCC(F)(F)CNS(=O)(=O)c1cccs1. The van der Waals surface area contributed by atoms with Crippen molar-refractivity contribution in [1.82, 2.24) is 4.72 Å². The van der Waals surface area contributed by atoms with Gasteiger partial charge < -0.3 is 5.73 Å². The molecule has 0 spiro atoms. The van der Waals surface area contributed by atoms with Crippen LogP contribution >= 0.6 is 23.7 Å². The maximum absolute atomic E-state index is 12.7. The van der Waals surface area contributed by atoms with Gasteiger partial charge in [-0.25, -0.2) is 21.9 Å². The number of hydrogen-bond acceptors (Lipinski definition) is 4. The van der Waals surface area contributed by atoms with Crippen LogP contribution in [0.3, 0.4) is 0 Å². The van der Waals surface area contributed by atoms with Crippen LogP contribution in [0.25, 0.3) is 0 Å². The van der Waals surface area contributed by atoms with Crippen molar-refractivity contribution in [3.63, 3.8) is 0 Å². The van der Waals surface area contributed by atoms with Gasteiger partial charge in [0.1, 0.15) is 4.21 Å². The molecule has 0 saturated carbocycles. The molecular weight excluding hydrogens is 282 g/mol. The average Bonchev–Trinajstić information content (AvgIpc) is 2.69. The molecule has 0 amide bonds.